The van der Waals surface area contributed by atoms with Crippen LogP contribution in [0.25, 0.3) is 0 Å². The van der Waals surface area contributed by atoms with E-state index in [1.807, 2.05) is 22.6 Å². The van der Waals surface area contributed by atoms with Crippen LogP contribution >= 0.6 is 22.6 Å². The molecule has 1 fully saturated rings. The van der Waals surface area contributed by atoms with E-state index in [2.05, 4.69) is 0 Å². The van der Waals surface area contributed by atoms with E-state index in [4.69, 9.17) is 5.73 Å². The molecule has 2 unspecified atom stereocenters. The minimum Gasteiger partial charge on any atom is -0.328 e. The lowest BCUT2D eigenvalue weighted by Crippen LogP contribution is -2.17. The Morgan fingerprint density at radius 1 is 1.75 bits per heavy atom. The van der Waals surface area contributed by atoms with Gasteiger partial charge in [-0.2, -0.15) is 0 Å². The van der Waals surface area contributed by atoms with Crippen LogP contribution < -0.4 is 5.73 Å². The average Bonchev–Trinajstić information content (AvgIpc) is 1.82. The zero-order valence-electron chi connectivity index (χ0n) is 4.53. The molecule has 0 radical (unpaired) electrons. The normalized spacial score (nSPS) is 47.6. The fraction of sp³-hybridized carbons (Fsp3) is 1.00. The van der Waals surface area contributed by atoms with E-state index in [0.717, 1.165) is 6.42 Å². The Bertz CT molecular complexity index is 94.4. The van der Waals surface area contributed by atoms with Gasteiger partial charge in [0.2, 0.25) is 0 Å². The van der Waals surface area contributed by atoms with Gasteiger partial charge < -0.3 is 5.73 Å². The summed E-state index contributed by atoms with van der Waals surface area (Å²) in [6.45, 7) is 0. The Morgan fingerprint density at radius 2 is 2.38 bits per heavy atom. The summed E-state index contributed by atoms with van der Waals surface area (Å²) in [4.78, 5) is 0. The summed E-state index contributed by atoms with van der Waals surface area (Å²) in [5.41, 5.74) is 5.47. The summed E-state index contributed by atoms with van der Waals surface area (Å²) in [5, 5.41) is 0. The second-order valence-corrected chi connectivity index (χ2v) is 4.29. The minimum absolute atomic E-state index is 0.108. The molecule has 0 spiro atoms. The van der Waals surface area contributed by atoms with E-state index in [0.29, 0.717) is 12.8 Å². The van der Waals surface area contributed by atoms with Crippen molar-refractivity contribution in [1.82, 2.24) is 0 Å². The van der Waals surface area contributed by atoms with Crippen LogP contribution in [0.2, 0.25) is 0 Å². The first-order chi connectivity index (χ1) is 3.60. The van der Waals surface area contributed by atoms with Gasteiger partial charge in [0.05, 0.1) is 0 Å². The highest BCUT2D eigenvalue weighted by Gasteiger charge is 2.34. The van der Waals surface area contributed by atoms with Gasteiger partial charge in [0.1, 0.15) is 0 Å². The molecule has 0 aromatic carbocycles. The maximum atomic E-state index is 12.8. The third-order valence-corrected chi connectivity index (χ3v) is 2.42. The van der Waals surface area contributed by atoms with Crippen LogP contribution in [0.4, 0.5) is 4.39 Å². The van der Waals surface area contributed by atoms with Gasteiger partial charge in [-0.15, -0.1) is 0 Å². The number of hydrogen-bond donors (Lipinski definition) is 1. The first-order valence-corrected chi connectivity index (χ1v) is 3.81. The van der Waals surface area contributed by atoms with Crippen LogP contribution in [-0.2, 0) is 0 Å². The van der Waals surface area contributed by atoms with E-state index in [1.165, 1.54) is 0 Å². The Morgan fingerprint density at radius 3 is 2.50 bits per heavy atom. The second kappa shape index (κ2) is 2.10. The molecule has 8 heavy (non-hydrogen) atoms. The minimum atomic E-state index is -0.989. The molecule has 3 heteroatoms. The molecule has 48 valence electrons. The van der Waals surface area contributed by atoms with Crippen molar-refractivity contribution in [2.24, 2.45) is 5.73 Å². The van der Waals surface area contributed by atoms with E-state index in [1.54, 1.807) is 0 Å². The maximum absolute atomic E-state index is 12.8. The summed E-state index contributed by atoms with van der Waals surface area (Å²) in [6, 6.07) is 0.108. The highest BCUT2D eigenvalue weighted by atomic mass is 127. The van der Waals surface area contributed by atoms with Gasteiger partial charge in [0, 0.05) is 12.5 Å². The van der Waals surface area contributed by atoms with Crippen molar-refractivity contribution >= 4 is 22.6 Å². The maximum Gasteiger partial charge on any atom is 0.162 e. The summed E-state index contributed by atoms with van der Waals surface area (Å²) in [6.07, 6.45) is 2.02. The summed E-state index contributed by atoms with van der Waals surface area (Å²) >= 11 is 1.83. The topological polar surface area (TPSA) is 26.0 Å². The molecule has 0 amide bonds. The molecule has 2 atom stereocenters. The first-order valence-electron chi connectivity index (χ1n) is 2.73. The highest BCUT2D eigenvalue weighted by Crippen LogP contribution is 2.38. The smallest absolute Gasteiger partial charge is 0.162 e. The quantitative estimate of drug-likeness (QED) is 0.495. The van der Waals surface area contributed by atoms with Gasteiger partial charge in [0.25, 0.3) is 0 Å². The van der Waals surface area contributed by atoms with Crippen LogP contribution in [0.3, 0.4) is 0 Å². The number of halogens is 2. The van der Waals surface area contributed by atoms with Crippen molar-refractivity contribution in [3.8, 4) is 0 Å². The fourth-order valence-corrected chi connectivity index (χ4v) is 1.86. The SMILES string of the molecule is NC1CCC(F)(I)C1. The molecule has 0 saturated heterocycles. The lowest BCUT2D eigenvalue weighted by Gasteiger charge is -2.07. The van der Waals surface area contributed by atoms with Crippen LogP contribution in [0.1, 0.15) is 19.3 Å². The fourth-order valence-electron chi connectivity index (χ4n) is 0.984. The summed E-state index contributed by atoms with van der Waals surface area (Å²) < 4.78 is 11.8. The van der Waals surface area contributed by atoms with Gasteiger partial charge in [-0.1, -0.05) is 0 Å². The number of rotatable bonds is 0. The van der Waals surface area contributed by atoms with Gasteiger partial charge in [-0.25, -0.2) is 4.39 Å². The van der Waals surface area contributed by atoms with Crippen molar-refractivity contribution in [2.75, 3.05) is 0 Å². The van der Waals surface area contributed by atoms with Crippen LogP contribution in [0.5, 0.6) is 0 Å². The molecule has 2 N–H and O–H groups in total. The van der Waals surface area contributed by atoms with Crippen molar-refractivity contribution < 1.29 is 4.39 Å². The average molecular weight is 229 g/mol. The molecular weight excluding hydrogens is 220 g/mol. The summed E-state index contributed by atoms with van der Waals surface area (Å²) in [5.74, 6) is 0. The van der Waals surface area contributed by atoms with E-state index < -0.39 is 3.68 Å². The Kier molecular flexibility index (Phi) is 1.77. The first kappa shape index (κ1) is 6.74. The van der Waals surface area contributed by atoms with Gasteiger partial charge in [0.15, 0.2) is 3.68 Å². The lowest BCUT2D eigenvalue weighted by molar-refractivity contribution is 0.317. The largest absolute Gasteiger partial charge is 0.328 e. The third kappa shape index (κ3) is 1.55. The monoisotopic (exact) mass is 229 g/mol. The van der Waals surface area contributed by atoms with Crippen molar-refractivity contribution in [3.63, 3.8) is 0 Å². The van der Waals surface area contributed by atoms with E-state index in [9.17, 15) is 4.39 Å². The van der Waals surface area contributed by atoms with E-state index >= 15 is 0 Å². The molecule has 0 aromatic rings. The van der Waals surface area contributed by atoms with Gasteiger partial charge in [-0.05, 0) is 35.4 Å². The molecule has 1 aliphatic carbocycles. The van der Waals surface area contributed by atoms with E-state index in [-0.39, 0.29) is 6.04 Å². The zero-order chi connectivity index (χ0) is 6.20. The number of nitrogens with two attached hydrogens (primary N) is 1. The van der Waals surface area contributed by atoms with Gasteiger partial charge >= 0.3 is 0 Å². The van der Waals surface area contributed by atoms with Crippen LogP contribution in [0, 0.1) is 0 Å². The number of alkyl halides is 2. The molecule has 1 saturated carbocycles. The Balaban J connectivity index is 2.44. The van der Waals surface area contributed by atoms with Crippen molar-refractivity contribution in [1.29, 1.82) is 0 Å². The molecular formula is C5H9FIN. The van der Waals surface area contributed by atoms with Crippen molar-refractivity contribution in [3.05, 3.63) is 0 Å². The molecule has 1 aliphatic rings. The molecule has 0 aliphatic heterocycles. The number of hydrogen-bond acceptors (Lipinski definition) is 1. The lowest BCUT2D eigenvalue weighted by atomic mass is 10.3. The second-order valence-electron chi connectivity index (χ2n) is 2.36. The zero-order valence-corrected chi connectivity index (χ0v) is 6.69. The molecule has 0 heterocycles. The van der Waals surface area contributed by atoms with Gasteiger partial charge in [-0.3, -0.25) is 0 Å². The standard InChI is InChI=1S/C5H9FIN/c6-5(7)2-1-4(8)3-5/h4H,1-3,8H2. The van der Waals surface area contributed by atoms with Crippen LogP contribution in [0.15, 0.2) is 0 Å². The predicted octanol–water partition coefficient (Wildman–Crippen LogP) is 1.60. The summed E-state index contributed by atoms with van der Waals surface area (Å²) in [7, 11) is 0. The Labute approximate surface area is 62.0 Å². The molecule has 0 aromatic heterocycles. The molecule has 1 nitrogen and oxygen atoms in total. The molecule has 0 bridgehead atoms. The predicted molar refractivity (Wildman–Crippen MR) is 39.7 cm³/mol. The van der Waals surface area contributed by atoms with Crippen LogP contribution in [-0.4, -0.2) is 9.72 Å². The molecule has 1 rings (SSSR count). The third-order valence-electron chi connectivity index (χ3n) is 1.44. The van der Waals surface area contributed by atoms with Crippen molar-refractivity contribution in [2.45, 2.75) is 29.0 Å². The Hall–Kier alpha value is 0.620. The highest BCUT2D eigenvalue weighted by molar-refractivity contribution is 14.1.